The number of rotatable bonds is 8. The van der Waals surface area contributed by atoms with E-state index in [1.165, 1.54) is 4.31 Å². The maximum absolute atomic E-state index is 13.0. The lowest BCUT2D eigenvalue weighted by atomic mass is 10.2. The Morgan fingerprint density at radius 2 is 1.71 bits per heavy atom. The van der Waals surface area contributed by atoms with Crippen molar-refractivity contribution in [3.63, 3.8) is 0 Å². The molecule has 2 heterocycles. The summed E-state index contributed by atoms with van der Waals surface area (Å²) in [5.41, 5.74) is 1.31. The summed E-state index contributed by atoms with van der Waals surface area (Å²) in [6, 6.07) is 4.97. The van der Waals surface area contributed by atoms with Gasteiger partial charge in [-0.3, -0.25) is 9.59 Å². The molecule has 1 aromatic rings. The van der Waals surface area contributed by atoms with Crippen molar-refractivity contribution >= 4 is 33.2 Å². The van der Waals surface area contributed by atoms with Crippen LogP contribution in [-0.4, -0.2) is 68.7 Å². The Hall–Kier alpha value is -2.13. The summed E-state index contributed by atoms with van der Waals surface area (Å²) in [4.78, 5) is 29.0. The number of nitrogens with one attached hydrogen (secondary N) is 1. The van der Waals surface area contributed by atoms with Crippen LogP contribution in [0.25, 0.3) is 0 Å². The Bertz CT molecular complexity index is 893. The lowest BCUT2D eigenvalue weighted by Gasteiger charge is -2.25. The maximum Gasteiger partial charge on any atom is 0.244 e. The first-order valence-corrected chi connectivity index (χ1v) is 12.8. The van der Waals surface area contributed by atoms with Gasteiger partial charge in [0.2, 0.25) is 21.8 Å². The number of likely N-dealkylation sites (tertiary alicyclic amines) is 1. The molecule has 2 aliphatic rings. The number of nitrogens with zero attached hydrogens (tertiary/aromatic N) is 3. The van der Waals surface area contributed by atoms with Gasteiger partial charge in [0.05, 0.1) is 22.8 Å². The average Bonchev–Trinajstić information content (AvgIpc) is 3.20. The van der Waals surface area contributed by atoms with Crippen LogP contribution in [0.3, 0.4) is 0 Å². The predicted molar refractivity (Wildman–Crippen MR) is 122 cm³/mol. The van der Waals surface area contributed by atoms with Crippen LogP contribution in [0.1, 0.15) is 52.4 Å². The monoisotopic (exact) mass is 450 g/mol. The fourth-order valence-corrected chi connectivity index (χ4v) is 5.78. The number of amides is 2. The molecule has 1 N–H and O–H groups in total. The van der Waals surface area contributed by atoms with E-state index in [4.69, 9.17) is 0 Å². The van der Waals surface area contributed by atoms with Gasteiger partial charge < -0.3 is 15.1 Å². The summed E-state index contributed by atoms with van der Waals surface area (Å²) in [5.74, 6) is -0.293. The molecule has 0 bridgehead atoms. The summed E-state index contributed by atoms with van der Waals surface area (Å²) >= 11 is 0. The highest BCUT2D eigenvalue weighted by molar-refractivity contribution is 7.89. The summed E-state index contributed by atoms with van der Waals surface area (Å²) in [6.45, 7) is 6.69. The van der Waals surface area contributed by atoms with E-state index in [9.17, 15) is 18.0 Å². The van der Waals surface area contributed by atoms with E-state index in [0.717, 1.165) is 50.9 Å². The smallest absolute Gasteiger partial charge is 0.244 e. The van der Waals surface area contributed by atoms with Crippen molar-refractivity contribution < 1.29 is 18.0 Å². The molecule has 2 saturated heterocycles. The Kier molecular flexibility index (Phi) is 7.94. The van der Waals surface area contributed by atoms with E-state index < -0.39 is 10.0 Å². The van der Waals surface area contributed by atoms with Crippen molar-refractivity contribution in [3.8, 4) is 0 Å². The topological polar surface area (TPSA) is 90.0 Å². The van der Waals surface area contributed by atoms with E-state index in [-0.39, 0.29) is 23.3 Å². The second-order valence-electron chi connectivity index (χ2n) is 8.14. The number of benzene rings is 1. The number of hydrogen-bond donors (Lipinski definition) is 1. The molecule has 0 radical (unpaired) electrons. The van der Waals surface area contributed by atoms with Gasteiger partial charge in [-0.1, -0.05) is 20.3 Å². The van der Waals surface area contributed by atoms with Gasteiger partial charge >= 0.3 is 0 Å². The second kappa shape index (κ2) is 10.5. The van der Waals surface area contributed by atoms with Crippen LogP contribution in [0.2, 0.25) is 0 Å². The Morgan fingerprint density at radius 1 is 1.03 bits per heavy atom. The van der Waals surface area contributed by atoms with Gasteiger partial charge in [-0.2, -0.15) is 4.31 Å². The first-order valence-electron chi connectivity index (χ1n) is 11.3. The molecule has 0 unspecified atom stereocenters. The molecular formula is C22H34N4O4S. The third-order valence-corrected chi connectivity index (χ3v) is 8.08. The summed E-state index contributed by atoms with van der Waals surface area (Å²) in [7, 11) is -3.64. The highest BCUT2D eigenvalue weighted by atomic mass is 32.2. The van der Waals surface area contributed by atoms with Gasteiger partial charge in [-0.25, -0.2) is 8.42 Å². The predicted octanol–water partition coefficient (Wildman–Crippen LogP) is 2.66. The van der Waals surface area contributed by atoms with E-state index >= 15 is 0 Å². The summed E-state index contributed by atoms with van der Waals surface area (Å²) < 4.78 is 27.4. The number of carbonyl (C=O) groups is 2. The molecule has 1 aromatic carbocycles. The van der Waals surface area contributed by atoms with Gasteiger partial charge in [0.1, 0.15) is 0 Å². The van der Waals surface area contributed by atoms with Crippen molar-refractivity contribution in [2.24, 2.45) is 0 Å². The van der Waals surface area contributed by atoms with Crippen molar-refractivity contribution in [1.29, 1.82) is 0 Å². The highest BCUT2D eigenvalue weighted by Crippen LogP contribution is 2.32. The fraction of sp³-hybridized carbons (Fsp3) is 0.636. The highest BCUT2D eigenvalue weighted by Gasteiger charge is 2.26. The van der Waals surface area contributed by atoms with Crippen LogP contribution in [0, 0.1) is 0 Å². The number of hydrogen-bond acceptors (Lipinski definition) is 5. The molecule has 0 spiro atoms. The van der Waals surface area contributed by atoms with Crippen molar-refractivity contribution in [2.75, 3.05) is 49.5 Å². The van der Waals surface area contributed by atoms with Gasteiger partial charge in [0.15, 0.2) is 0 Å². The molecule has 0 aliphatic carbocycles. The lowest BCUT2D eigenvalue weighted by molar-refractivity contribution is -0.134. The number of sulfonamides is 1. The zero-order valence-corrected chi connectivity index (χ0v) is 19.4. The standard InChI is InChI=1S/C22H34N4O4S/c1-3-26(4-2)31(29,30)18-11-12-20(24-13-8-9-14-24)19(16-18)23-21(27)17-25-15-7-5-6-10-22(25)28/h11-12,16H,3-10,13-15,17H2,1-2H3,(H,23,27). The minimum Gasteiger partial charge on any atom is -0.370 e. The van der Waals surface area contributed by atoms with Gasteiger partial charge in [-0.05, 0) is 43.9 Å². The van der Waals surface area contributed by atoms with Crippen LogP contribution in [0.5, 0.6) is 0 Å². The minimum atomic E-state index is -3.64. The van der Waals surface area contributed by atoms with Gasteiger partial charge in [0, 0.05) is 39.1 Å². The number of carbonyl (C=O) groups excluding carboxylic acids is 2. The van der Waals surface area contributed by atoms with Crippen LogP contribution < -0.4 is 10.2 Å². The molecule has 0 saturated carbocycles. The van der Waals surface area contributed by atoms with Crippen LogP contribution in [-0.2, 0) is 19.6 Å². The van der Waals surface area contributed by atoms with Gasteiger partial charge in [-0.15, -0.1) is 0 Å². The lowest BCUT2D eigenvalue weighted by Crippen LogP contribution is -2.37. The molecule has 3 rings (SSSR count). The summed E-state index contributed by atoms with van der Waals surface area (Å²) in [5, 5.41) is 2.91. The third kappa shape index (κ3) is 5.57. The quantitative estimate of drug-likeness (QED) is 0.658. The SMILES string of the molecule is CCN(CC)S(=O)(=O)c1ccc(N2CCCC2)c(NC(=O)CN2CCCCCC2=O)c1. The molecule has 31 heavy (non-hydrogen) atoms. The molecule has 0 aromatic heterocycles. The van der Waals surface area contributed by atoms with E-state index in [1.807, 2.05) is 0 Å². The number of anilines is 2. The molecule has 9 heteroatoms. The van der Waals surface area contributed by atoms with Crippen molar-refractivity contribution in [1.82, 2.24) is 9.21 Å². The Morgan fingerprint density at radius 3 is 2.39 bits per heavy atom. The Labute approximate surface area is 185 Å². The Balaban J connectivity index is 1.86. The zero-order chi connectivity index (χ0) is 22.4. The normalized spacial score (nSPS) is 17.8. The first kappa shape index (κ1) is 23.5. The molecule has 2 amide bonds. The second-order valence-corrected chi connectivity index (χ2v) is 10.1. The fourth-order valence-electron chi connectivity index (χ4n) is 4.29. The third-order valence-electron chi connectivity index (χ3n) is 6.04. The molecule has 172 valence electrons. The summed E-state index contributed by atoms with van der Waals surface area (Å²) in [6.07, 6.45) is 5.36. The van der Waals surface area contributed by atoms with Crippen molar-refractivity contribution in [2.45, 2.75) is 57.3 Å². The molecule has 2 fully saturated rings. The molecular weight excluding hydrogens is 416 g/mol. The van der Waals surface area contributed by atoms with Crippen LogP contribution in [0.4, 0.5) is 11.4 Å². The van der Waals surface area contributed by atoms with Crippen LogP contribution in [0.15, 0.2) is 23.1 Å². The first-order chi connectivity index (χ1) is 14.9. The minimum absolute atomic E-state index is 0.00489. The van der Waals surface area contributed by atoms with Gasteiger partial charge in [0.25, 0.3) is 0 Å². The maximum atomic E-state index is 13.0. The van der Waals surface area contributed by atoms with E-state index in [1.54, 1.807) is 36.9 Å². The molecule has 0 atom stereocenters. The largest absolute Gasteiger partial charge is 0.370 e. The zero-order valence-electron chi connectivity index (χ0n) is 18.6. The van der Waals surface area contributed by atoms with Crippen molar-refractivity contribution in [3.05, 3.63) is 18.2 Å². The molecule has 2 aliphatic heterocycles. The van der Waals surface area contributed by atoms with E-state index in [2.05, 4.69) is 10.2 Å². The molecule has 8 nitrogen and oxygen atoms in total. The van der Waals surface area contributed by atoms with E-state index in [0.29, 0.717) is 31.7 Å². The average molecular weight is 451 g/mol. The van der Waals surface area contributed by atoms with Crippen LogP contribution >= 0.6 is 0 Å².